The summed E-state index contributed by atoms with van der Waals surface area (Å²) in [7, 11) is 0. The molecule has 1 fully saturated rings. The summed E-state index contributed by atoms with van der Waals surface area (Å²) in [6.45, 7) is 3.21. The van der Waals surface area contributed by atoms with Crippen molar-refractivity contribution in [1.29, 1.82) is 0 Å². The third-order valence-electron chi connectivity index (χ3n) is 4.30. The number of aryl methyl sites for hydroxylation is 1. The highest BCUT2D eigenvalue weighted by molar-refractivity contribution is 5.92. The molecular weight excluding hydrogens is 338 g/mol. The molecular formula is C17H19N5O4. The van der Waals surface area contributed by atoms with Gasteiger partial charge in [-0.25, -0.2) is 4.68 Å². The molecule has 9 nitrogen and oxygen atoms in total. The van der Waals surface area contributed by atoms with Crippen LogP contribution in [0.25, 0.3) is 5.69 Å². The van der Waals surface area contributed by atoms with E-state index in [0.29, 0.717) is 5.69 Å². The Morgan fingerprint density at radius 2 is 2.04 bits per heavy atom. The van der Waals surface area contributed by atoms with E-state index >= 15 is 0 Å². The third kappa shape index (κ3) is 3.62. The number of carbonyl (C=O) groups is 1. The van der Waals surface area contributed by atoms with E-state index < -0.39 is 16.3 Å². The van der Waals surface area contributed by atoms with E-state index in [4.69, 9.17) is 0 Å². The number of hydrogen-bond donors (Lipinski definition) is 2. The van der Waals surface area contributed by atoms with Crippen LogP contribution in [0.5, 0.6) is 0 Å². The fourth-order valence-corrected chi connectivity index (χ4v) is 2.97. The Kier molecular flexibility index (Phi) is 5.08. The van der Waals surface area contributed by atoms with Gasteiger partial charge in [-0.2, -0.15) is 5.10 Å². The number of piperidine rings is 1. The van der Waals surface area contributed by atoms with Crippen LogP contribution in [0.15, 0.2) is 35.1 Å². The van der Waals surface area contributed by atoms with E-state index in [1.54, 1.807) is 19.1 Å². The molecule has 1 aromatic heterocycles. The van der Waals surface area contributed by atoms with Crippen molar-refractivity contribution in [3.63, 3.8) is 0 Å². The second-order valence-corrected chi connectivity index (χ2v) is 6.15. The second kappa shape index (κ2) is 7.44. The van der Waals surface area contributed by atoms with E-state index in [-0.39, 0.29) is 23.1 Å². The molecule has 0 atom stereocenters. The topological polar surface area (TPSA) is 119 Å². The lowest BCUT2D eigenvalue weighted by molar-refractivity contribution is -0.384. The first-order valence-electron chi connectivity index (χ1n) is 8.33. The minimum atomic E-state index is -0.561. The molecule has 136 valence electrons. The van der Waals surface area contributed by atoms with Crippen molar-refractivity contribution >= 4 is 11.6 Å². The normalized spacial score (nSPS) is 14.8. The molecule has 0 bridgehead atoms. The Bertz CT molecular complexity index is 902. The Hall–Kier alpha value is -3.07. The van der Waals surface area contributed by atoms with Gasteiger partial charge in [0.05, 0.1) is 4.92 Å². The van der Waals surface area contributed by atoms with Crippen LogP contribution in [-0.2, 0) is 0 Å². The van der Waals surface area contributed by atoms with Gasteiger partial charge in [-0.15, -0.1) is 0 Å². The number of carbonyl (C=O) groups excluding carboxylic acids is 1. The van der Waals surface area contributed by atoms with Crippen LogP contribution in [0.4, 0.5) is 5.69 Å². The molecule has 1 saturated heterocycles. The van der Waals surface area contributed by atoms with Crippen LogP contribution in [-0.4, -0.2) is 39.7 Å². The molecule has 0 radical (unpaired) electrons. The van der Waals surface area contributed by atoms with E-state index in [2.05, 4.69) is 15.7 Å². The number of aromatic nitrogens is 2. The minimum Gasteiger partial charge on any atom is -0.348 e. The van der Waals surface area contributed by atoms with Crippen LogP contribution >= 0.6 is 0 Å². The highest BCUT2D eigenvalue weighted by atomic mass is 16.6. The van der Waals surface area contributed by atoms with Crippen molar-refractivity contribution in [3.8, 4) is 5.69 Å². The molecule has 1 aromatic carbocycles. The lowest BCUT2D eigenvalue weighted by Crippen LogP contribution is -2.44. The molecule has 0 unspecified atom stereocenters. The van der Waals surface area contributed by atoms with Crippen LogP contribution in [0, 0.1) is 17.0 Å². The van der Waals surface area contributed by atoms with Gasteiger partial charge in [-0.05, 0) is 38.9 Å². The molecule has 2 N–H and O–H groups in total. The number of nitrogens with one attached hydrogen (secondary N) is 2. The Morgan fingerprint density at radius 3 is 2.73 bits per heavy atom. The maximum Gasteiger partial charge on any atom is 0.294 e. The van der Waals surface area contributed by atoms with Crippen molar-refractivity contribution in [3.05, 3.63) is 62.1 Å². The number of rotatable bonds is 4. The number of nitrogens with zero attached hydrogens (tertiary/aromatic N) is 3. The zero-order valence-corrected chi connectivity index (χ0v) is 14.3. The van der Waals surface area contributed by atoms with Crippen LogP contribution in [0.3, 0.4) is 0 Å². The van der Waals surface area contributed by atoms with Gasteiger partial charge in [0.15, 0.2) is 5.69 Å². The summed E-state index contributed by atoms with van der Waals surface area (Å²) in [5.74, 6) is -0.561. The van der Waals surface area contributed by atoms with E-state index in [1.807, 2.05) is 0 Å². The van der Waals surface area contributed by atoms with Gasteiger partial charge in [-0.1, -0.05) is 12.1 Å². The SMILES string of the molecule is Cc1cc(=O)c(C(=O)NC2CCNCC2)nn1-c1ccccc1[N+](=O)[O-]. The van der Waals surface area contributed by atoms with Gasteiger partial charge in [0.1, 0.15) is 5.69 Å². The highest BCUT2D eigenvalue weighted by Gasteiger charge is 2.22. The Balaban J connectivity index is 1.99. The average Bonchev–Trinajstić information content (AvgIpc) is 2.62. The number of amides is 1. The van der Waals surface area contributed by atoms with Gasteiger partial charge < -0.3 is 10.6 Å². The number of nitro groups is 1. The summed E-state index contributed by atoms with van der Waals surface area (Å²) in [6, 6.07) is 7.30. The van der Waals surface area contributed by atoms with Gasteiger partial charge in [0.25, 0.3) is 11.6 Å². The maximum atomic E-state index is 12.5. The summed E-state index contributed by atoms with van der Waals surface area (Å²) >= 11 is 0. The van der Waals surface area contributed by atoms with Crippen LogP contribution in [0.1, 0.15) is 29.0 Å². The molecule has 1 aliphatic rings. The first kappa shape index (κ1) is 17.7. The number of benzene rings is 1. The molecule has 0 spiro atoms. The molecule has 26 heavy (non-hydrogen) atoms. The van der Waals surface area contributed by atoms with Crippen molar-refractivity contribution in [1.82, 2.24) is 20.4 Å². The van der Waals surface area contributed by atoms with Gasteiger partial charge in [0, 0.05) is 23.9 Å². The lowest BCUT2D eigenvalue weighted by atomic mass is 10.1. The number of para-hydroxylation sites is 2. The summed E-state index contributed by atoms with van der Waals surface area (Å²) in [5, 5.41) is 21.4. The van der Waals surface area contributed by atoms with Gasteiger partial charge in [-0.3, -0.25) is 19.7 Å². The molecule has 2 heterocycles. The molecule has 1 amide bonds. The monoisotopic (exact) mass is 357 g/mol. The van der Waals surface area contributed by atoms with Crippen molar-refractivity contribution < 1.29 is 9.72 Å². The third-order valence-corrected chi connectivity index (χ3v) is 4.30. The summed E-state index contributed by atoms with van der Waals surface area (Å²) in [5.41, 5.74) is -0.332. The molecule has 1 aliphatic heterocycles. The van der Waals surface area contributed by atoms with Crippen LogP contribution < -0.4 is 16.1 Å². The predicted octanol–water partition coefficient (Wildman–Crippen LogP) is 0.931. The molecule has 0 saturated carbocycles. The van der Waals surface area contributed by atoms with Gasteiger partial charge >= 0.3 is 0 Å². The summed E-state index contributed by atoms with van der Waals surface area (Å²) in [4.78, 5) is 35.5. The van der Waals surface area contributed by atoms with Crippen molar-refractivity contribution in [2.75, 3.05) is 13.1 Å². The number of nitro benzene ring substituents is 1. The zero-order chi connectivity index (χ0) is 18.7. The van der Waals surface area contributed by atoms with E-state index in [1.165, 1.54) is 22.9 Å². The fourth-order valence-electron chi connectivity index (χ4n) is 2.97. The predicted molar refractivity (Wildman–Crippen MR) is 94.6 cm³/mol. The fraction of sp³-hybridized carbons (Fsp3) is 0.353. The molecule has 2 aromatic rings. The van der Waals surface area contributed by atoms with Gasteiger partial charge in [0.2, 0.25) is 5.43 Å². The smallest absolute Gasteiger partial charge is 0.294 e. The van der Waals surface area contributed by atoms with E-state index in [0.717, 1.165) is 25.9 Å². The van der Waals surface area contributed by atoms with Crippen molar-refractivity contribution in [2.45, 2.75) is 25.8 Å². The molecule has 3 rings (SSSR count). The Morgan fingerprint density at radius 1 is 1.35 bits per heavy atom. The summed E-state index contributed by atoms with van der Waals surface area (Å²) < 4.78 is 1.26. The molecule has 9 heteroatoms. The van der Waals surface area contributed by atoms with Crippen molar-refractivity contribution in [2.24, 2.45) is 0 Å². The molecule has 0 aliphatic carbocycles. The zero-order valence-electron chi connectivity index (χ0n) is 14.3. The first-order chi connectivity index (χ1) is 12.5. The van der Waals surface area contributed by atoms with E-state index in [9.17, 15) is 19.7 Å². The lowest BCUT2D eigenvalue weighted by Gasteiger charge is -2.23. The quantitative estimate of drug-likeness (QED) is 0.621. The average molecular weight is 357 g/mol. The van der Waals surface area contributed by atoms with Crippen LogP contribution in [0.2, 0.25) is 0 Å². The summed E-state index contributed by atoms with van der Waals surface area (Å²) in [6.07, 6.45) is 1.55. The Labute approximate surface area is 149 Å². The highest BCUT2D eigenvalue weighted by Crippen LogP contribution is 2.22. The standard InChI is InChI=1S/C17H19N5O4/c1-11-10-15(23)16(17(24)19-12-6-8-18-9-7-12)20-21(11)13-4-2-3-5-14(13)22(25)26/h2-5,10,12,18H,6-9H2,1H3,(H,19,24). The number of hydrogen-bond acceptors (Lipinski definition) is 6. The maximum absolute atomic E-state index is 12.5. The second-order valence-electron chi connectivity index (χ2n) is 6.15. The minimum absolute atomic E-state index is 0.0224. The largest absolute Gasteiger partial charge is 0.348 e. The first-order valence-corrected chi connectivity index (χ1v) is 8.33.